The molecular formula is C23H22F3N5O. The van der Waals surface area contributed by atoms with E-state index in [1.54, 1.807) is 4.90 Å². The van der Waals surface area contributed by atoms with Crippen molar-refractivity contribution >= 4 is 23.4 Å². The van der Waals surface area contributed by atoms with Crippen LogP contribution < -0.4 is 10.2 Å². The Balaban J connectivity index is 1.43. The number of para-hydroxylation sites is 1. The molecule has 166 valence electrons. The molecule has 6 nitrogen and oxygen atoms in total. The van der Waals surface area contributed by atoms with E-state index < -0.39 is 17.6 Å². The molecule has 32 heavy (non-hydrogen) atoms. The quantitative estimate of drug-likeness (QED) is 0.646. The van der Waals surface area contributed by atoms with Crippen molar-refractivity contribution in [3.8, 4) is 0 Å². The maximum absolute atomic E-state index is 13.0. The summed E-state index contributed by atoms with van der Waals surface area (Å²) in [4.78, 5) is 25.4. The first-order valence-corrected chi connectivity index (χ1v) is 10.2. The number of amides is 1. The fourth-order valence-corrected chi connectivity index (χ4v) is 3.55. The molecule has 0 spiro atoms. The molecule has 0 saturated carbocycles. The SMILES string of the molecule is Cc1cc(Nc2ccccc2)nc(N2CCN(C(=O)c3cccc(C(F)(F)F)c3)CC2)n1. The number of aryl methyl sites for hydroxylation is 1. The standard InChI is InChI=1S/C23H22F3N5O/c1-16-14-20(28-19-8-3-2-4-9-19)29-22(27-16)31-12-10-30(11-13-31)21(32)17-6-5-7-18(15-17)23(24,25)26/h2-9,14-15H,10-13H2,1H3,(H,27,28,29). The van der Waals surface area contributed by atoms with E-state index in [0.29, 0.717) is 37.9 Å². The second-order valence-electron chi connectivity index (χ2n) is 7.54. The van der Waals surface area contributed by atoms with Crippen LogP contribution in [0.4, 0.5) is 30.6 Å². The maximum atomic E-state index is 13.0. The van der Waals surface area contributed by atoms with E-state index in [2.05, 4.69) is 15.3 Å². The van der Waals surface area contributed by atoms with Crippen molar-refractivity contribution in [3.63, 3.8) is 0 Å². The second kappa shape index (κ2) is 8.86. The maximum Gasteiger partial charge on any atom is 0.416 e. The number of benzene rings is 2. The molecule has 2 heterocycles. The highest BCUT2D eigenvalue weighted by molar-refractivity contribution is 5.94. The number of rotatable bonds is 4. The van der Waals surface area contributed by atoms with Crippen molar-refractivity contribution in [1.29, 1.82) is 0 Å². The van der Waals surface area contributed by atoms with Crippen LogP contribution in [0.2, 0.25) is 0 Å². The molecule has 1 aliphatic heterocycles. The molecule has 1 fully saturated rings. The Kier molecular flexibility index (Phi) is 5.98. The molecule has 9 heteroatoms. The zero-order valence-electron chi connectivity index (χ0n) is 17.4. The summed E-state index contributed by atoms with van der Waals surface area (Å²) in [7, 11) is 0. The van der Waals surface area contributed by atoms with Crippen molar-refractivity contribution in [2.45, 2.75) is 13.1 Å². The molecule has 4 rings (SSSR count). The van der Waals surface area contributed by atoms with E-state index >= 15 is 0 Å². The Morgan fingerprint density at radius 3 is 2.34 bits per heavy atom. The molecule has 0 aliphatic carbocycles. The minimum atomic E-state index is -4.48. The predicted octanol–water partition coefficient (Wildman–Crippen LogP) is 4.51. The number of aromatic nitrogens is 2. The molecule has 1 aromatic heterocycles. The Hall–Kier alpha value is -3.62. The number of hydrogen-bond donors (Lipinski definition) is 1. The topological polar surface area (TPSA) is 61.4 Å². The van der Waals surface area contributed by atoms with Gasteiger partial charge in [0.2, 0.25) is 5.95 Å². The van der Waals surface area contributed by atoms with E-state index in [-0.39, 0.29) is 5.56 Å². The summed E-state index contributed by atoms with van der Waals surface area (Å²) in [5.74, 6) is 0.808. The van der Waals surface area contributed by atoms with Gasteiger partial charge in [0, 0.05) is 49.2 Å². The van der Waals surface area contributed by atoms with Crippen LogP contribution in [0.1, 0.15) is 21.6 Å². The summed E-state index contributed by atoms with van der Waals surface area (Å²) < 4.78 is 38.9. The van der Waals surface area contributed by atoms with Gasteiger partial charge >= 0.3 is 6.18 Å². The lowest BCUT2D eigenvalue weighted by molar-refractivity contribution is -0.137. The van der Waals surface area contributed by atoms with Crippen LogP contribution in [0.5, 0.6) is 0 Å². The summed E-state index contributed by atoms with van der Waals surface area (Å²) in [5.41, 5.74) is 0.923. The van der Waals surface area contributed by atoms with Crippen LogP contribution in [-0.2, 0) is 6.18 Å². The first-order valence-electron chi connectivity index (χ1n) is 10.2. The van der Waals surface area contributed by atoms with Crippen LogP contribution in [0.15, 0.2) is 60.7 Å². The lowest BCUT2D eigenvalue weighted by Crippen LogP contribution is -2.49. The average molecular weight is 441 g/mol. The molecule has 1 N–H and O–H groups in total. The smallest absolute Gasteiger partial charge is 0.340 e. The highest BCUT2D eigenvalue weighted by Crippen LogP contribution is 2.30. The third kappa shape index (κ3) is 4.99. The molecule has 0 bridgehead atoms. The van der Waals surface area contributed by atoms with E-state index in [1.165, 1.54) is 12.1 Å². The van der Waals surface area contributed by atoms with Gasteiger partial charge in [-0.3, -0.25) is 4.79 Å². The van der Waals surface area contributed by atoms with Gasteiger partial charge in [-0.05, 0) is 37.3 Å². The number of carbonyl (C=O) groups is 1. The summed E-state index contributed by atoms with van der Waals surface area (Å²) in [6.45, 7) is 3.59. The fourth-order valence-electron chi connectivity index (χ4n) is 3.55. The van der Waals surface area contributed by atoms with Gasteiger partial charge in [0.1, 0.15) is 5.82 Å². The lowest BCUT2D eigenvalue weighted by Gasteiger charge is -2.35. The molecule has 0 radical (unpaired) electrons. The number of alkyl halides is 3. The van der Waals surface area contributed by atoms with E-state index in [0.717, 1.165) is 23.5 Å². The van der Waals surface area contributed by atoms with Crippen molar-refractivity contribution in [2.24, 2.45) is 0 Å². The minimum absolute atomic E-state index is 0.0365. The van der Waals surface area contributed by atoms with Crippen LogP contribution in [-0.4, -0.2) is 47.0 Å². The molecule has 1 amide bonds. The first kappa shape index (κ1) is 21.6. The van der Waals surface area contributed by atoms with Crippen molar-refractivity contribution in [1.82, 2.24) is 14.9 Å². The third-order valence-corrected chi connectivity index (χ3v) is 5.18. The molecule has 0 atom stereocenters. The fraction of sp³-hybridized carbons (Fsp3) is 0.261. The van der Waals surface area contributed by atoms with E-state index in [1.807, 2.05) is 48.2 Å². The zero-order valence-corrected chi connectivity index (χ0v) is 17.4. The molecular weight excluding hydrogens is 419 g/mol. The Morgan fingerprint density at radius 2 is 1.66 bits per heavy atom. The summed E-state index contributed by atoms with van der Waals surface area (Å²) >= 11 is 0. The number of nitrogens with zero attached hydrogens (tertiary/aromatic N) is 4. The first-order chi connectivity index (χ1) is 15.3. The normalized spacial score (nSPS) is 14.4. The van der Waals surface area contributed by atoms with Crippen molar-refractivity contribution < 1.29 is 18.0 Å². The van der Waals surface area contributed by atoms with Gasteiger partial charge < -0.3 is 15.1 Å². The molecule has 3 aromatic rings. The molecule has 0 unspecified atom stereocenters. The van der Waals surface area contributed by atoms with E-state index in [9.17, 15) is 18.0 Å². The van der Waals surface area contributed by atoms with Gasteiger partial charge in [-0.15, -0.1) is 0 Å². The van der Waals surface area contributed by atoms with Crippen molar-refractivity contribution in [3.05, 3.63) is 77.5 Å². The Bertz CT molecular complexity index is 1100. The highest BCUT2D eigenvalue weighted by atomic mass is 19.4. The number of anilines is 3. The molecule has 1 saturated heterocycles. The third-order valence-electron chi connectivity index (χ3n) is 5.18. The van der Waals surface area contributed by atoms with Gasteiger partial charge in [0.25, 0.3) is 5.91 Å². The van der Waals surface area contributed by atoms with Crippen molar-refractivity contribution in [2.75, 3.05) is 36.4 Å². The van der Waals surface area contributed by atoms with Crippen LogP contribution >= 0.6 is 0 Å². The summed E-state index contributed by atoms with van der Waals surface area (Å²) in [6, 6.07) is 16.1. The van der Waals surface area contributed by atoms with Gasteiger partial charge in [-0.25, -0.2) is 4.98 Å². The lowest BCUT2D eigenvalue weighted by atomic mass is 10.1. The second-order valence-corrected chi connectivity index (χ2v) is 7.54. The van der Waals surface area contributed by atoms with Gasteiger partial charge in [0.05, 0.1) is 5.56 Å². The predicted molar refractivity (Wildman–Crippen MR) is 116 cm³/mol. The number of carbonyl (C=O) groups excluding carboxylic acids is 1. The number of nitrogens with one attached hydrogen (secondary N) is 1. The largest absolute Gasteiger partial charge is 0.416 e. The Morgan fingerprint density at radius 1 is 0.938 bits per heavy atom. The van der Waals surface area contributed by atoms with Gasteiger partial charge in [-0.1, -0.05) is 24.3 Å². The zero-order chi connectivity index (χ0) is 22.7. The highest BCUT2D eigenvalue weighted by Gasteiger charge is 2.32. The van der Waals surface area contributed by atoms with Gasteiger partial charge in [0.15, 0.2) is 0 Å². The van der Waals surface area contributed by atoms with Crippen LogP contribution in [0.3, 0.4) is 0 Å². The summed E-state index contributed by atoms with van der Waals surface area (Å²) in [6.07, 6.45) is -4.48. The molecule has 2 aromatic carbocycles. The van der Waals surface area contributed by atoms with E-state index in [4.69, 9.17) is 0 Å². The molecule has 1 aliphatic rings. The number of hydrogen-bond acceptors (Lipinski definition) is 5. The van der Waals surface area contributed by atoms with Crippen LogP contribution in [0.25, 0.3) is 0 Å². The Labute approximate surface area is 183 Å². The summed E-state index contributed by atoms with van der Waals surface area (Å²) in [5, 5.41) is 3.26. The number of halogens is 3. The van der Waals surface area contributed by atoms with Crippen LogP contribution in [0, 0.1) is 6.92 Å². The minimum Gasteiger partial charge on any atom is -0.340 e. The monoisotopic (exact) mass is 441 g/mol. The number of piperazine rings is 1. The average Bonchev–Trinajstić information content (AvgIpc) is 2.78. The van der Waals surface area contributed by atoms with Gasteiger partial charge in [-0.2, -0.15) is 18.2 Å².